The van der Waals surface area contributed by atoms with Crippen molar-refractivity contribution in [1.29, 1.82) is 0 Å². The predicted octanol–water partition coefficient (Wildman–Crippen LogP) is 2.00. The Labute approximate surface area is 85.7 Å². The van der Waals surface area contributed by atoms with Gasteiger partial charge in [0.2, 0.25) is 17.1 Å². The average Bonchev–Trinajstić information content (AvgIpc) is 2.23. The van der Waals surface area contributed by atoms with Crippen LogP contribution in [0, 0.1) is 5.82 Å². The van der Waals surface area contributed by atoms with Crippen LogP contribution in [0.15, 0.2) is 33.5 Å². The molecule has 0 spiro atoms. The Balaban J connectivity index is 2.89. The second-order valence-corrected chi connectivity index (χ2v) is 3.44. The number of fused-ring (bicyclic) bond motifs is 1. The molecule has 0 aliphatic carbocycles. The number of nitrogens with zero attached hydrogens (tertiary/aromatic N) is 1. The fraction of sp³-hybridized carbons (Fsp3) is 0.182. The quantitative estimate of drug-likeness (QED) is 0.717. The van der Waals surface area contributed by atoms with Crippen LogP contribution in [-0.2, 0) is 0 Å². The number of halogens is 1. The number of benzene rings is 1. The molecule has 0 saturated carbocycles. The number of para-hydroxylation sites is 1. The van der Waals surface area contributed by atoms with Gasteiger partial charge in [-0.2, -0.15) is 4.39 Å². The van der Waals surface area contributed by atoms with Gasteiger partial charge >= 0.3 is 0 Å². The van der Waals surface area contributed by atoms with Gasteiger partial charge in [-0.25, -0.2) is 0 Å². The van der Waals surface area contributed by atoms with E-state index in [0.29, 0.717) is 5.58 Å². The molecule has 0 atom stereocenters. The minimum Gasteiger partial charge on any atom is -0.437 e. The van der Waals surface area contributed by atoms with Crippen LogP contribution < -0.4 is 10.3 Å². The van der Waals surface area contributed by atoms with Crippen molar-refractivity contribution in [3.63, 3.8) is 0 Å². The summed E-state index contributed by atoms with van der Waals surface area (Å²) in [4.78, 5) is 13.0. The lowest BCUT2D eigenvalue weighted by molar-refractivity contribution is 0.520. The van der Waals surface area contributed by atoms with Gasteiger partial charge in [-0.05, 0) is 12.1 Å². The van der Waals surface area contributed by atoms with E-state index in [2.05, 4.69) is 0 Å². The topological polar surface area (TPSA) is 33.5 Å². The highest BCUT2D eigenvalue weighted by Crippen LogP contribution is 2.20. The fourth-order valence-corrected chi connectivity index (χ4v) is 1.40. The first-order valence-electron chi connectivity index (χ1n) is 4.50. The molecule has 0 saturated heterocycles. The molecule has 1 aromatic carbocycles. The Morgan fingerprint density at radius 1 is 1.27 bits per heavy atom. The second-order valence-electron chi connectivity index (χ2n) is 3.44. The predicted molar refractivity (Wildman–Crippen MR) is 56.8 cm³/mol. The van der Waals surface area contributed by atoms with Gasteiger partial charge in [0.1, 0.15) is 5.58 Å². The van der Waals surface area contributed by atoms with Gasteiger partial charge in [0, 0.05) is 14.1 Å². The normalized spacial score (nSPS) is 10.6. The van der Waals surface area contributed by atoms with Crippen molar-refractivity contribution in [2.45, 2.75) is 0 Å². The lowest BCUT2D eigenvalue weighted by Gasteiger charge is -2.11. The molecule has 4 heteroatoms. The van der Waals surface area contributed by atoms with Gasteiger partial charge in [0.05, 0.1) is 5.39 Å². The van der Waals surface area contributed by atoms with Gasteiger partial charge in [0.15, 0.2) is 0 Å². The third kappa shape index (κ3) is 1.48. The first kappa shape index (κ1) is 9.71. The number of hydrogen-bond donors (Lipinski definition) is 0. The summed E-state index contributed by atoms with van der Waals surface area (Å²) in [6.07, 6.45) is 0. The van der Waals surface area contributed by atoms with Crippen molar-refractivity contribution in [2.75, 3.05) is 19.0 Å². The molecule has 3 nitrogen and oxygen atoms in total. The van der Waals surface area contributed by atoms with E-state index in [-0.39, 0.29) is 11.3 Å². The van der Waals surface area contributed by atoms with Crippen LogP contribution in [0.3, 0.4) is 0 Å². The molecule has 0 bridgehead atoms. The molecule has 0 fully saturated rings. The summed E-state index contributed by atoms with van der Waals surface area (Å²) in [6.45, 7) is 0. The fourth-order valence-electron chi connectivity index (χ4n) is 1.40. The molecule has 0 radical (unpaired) electrons. The first-order valence-corrected chi connectivity index (χ1v) is 4.50. The Kier molecular flexibility index (Phi) is 2.19. The Bertz CT molecular complexity index is 560. The molecular weight excluding hydrogens is 197 g/mol. The summed E-state index contributed by atoms with van der Waals surface area (Å²) in [5.74, 6) is -0.891. The molecule has 15 heavy (non-hydrogen) atoms. The van der Waals surface area contributed by atoms with Gasteiger partial charge in [-0.1, -0.05) is 12.1 Å². The zero-order valence-corrected chi connectivity index (χ0v) is 8.45. The van der Waals surface area contributed by atoms with Crippen molar-refractivity contribution >= 4 is 16.9 Å². The van der Waals surface area contributed by atoms with E-state index in [1.165, 1.54) is 4.90 Å². The Morgan fingerprint density at radius 2 is 1.93 bits per heavy atom. The molecule has 2 rings (SSSR count). The maximum Gasteiger partial charge on any atom is 0.235 e. The van der Waals surface area contributed by atoms with Crippen molar-refractivity contribution in [1.82, 2.24) is 0 Å². The van der Waals surface area contributed by atoms with Crippen LogP contribution in [0.5, 0.6) is 0 Å². The smallest absolute Gasteiger partial charge is 0.235 e. The summed E-state index contributed by atoms with van der Waals surface area (Å²) in [5, 5.41) is 0.264. The highest BCUT2D eigenvalue weighted by Gasteiger charge is 2.14. The van der Waals surface area contributed by atoms with Crippen LogP contribution in [0.2, 0.25) is 0 Å². The maximum absolute atomic E-state index is 13.5. The molecule has 2 aromatic rings. The van der Waals surface area contributed by atoms with Crippen molar-refractivity contribution < 1.29 is 8.81 Å². The monoisotopic (exact) mass is 207 g/mol. The van der Waals surface area contributed by atoms with E-state index < -0.39 is 11.2 Å². The number of anilines is 1. The first-order chi connectivity index (χ1) is 7.11. The summed E-state index contributed by atoms with van der Waals surface area (Å²) in [5.41, 5.74) is -0.229. The largest absolute Gasteiger partial charge is 0.437 e. The van der Waals surface area contributed by atoms with Crippen molar-refractivity contribution in [3.05, 3.63) is 40.3 Å². The Morgan fingerprint density at radius 3 is 2.60 bits per heavy atom. The SMILES string of the molecule is CN(C)c1oc2ccccc2c(=O)c1F. The molecule has 78 valence electrons. The molecule has 0 N–H and O–H groups in total. The summed E-state index contributed by atoms with van der Waals surface area (Å²) in [6, 6.07) is 6.60. The highest BCUT2D eigenvalue weighted by molar-refractivity contribution is 5.77. The third-order valence-corrected chi connectivity index (χ3v) is 2.13. The summed E-state index contributed by atoms with van der Waals surface area (Å²) in [7, 11) is 3.24. The molecule has 0 amide bonds. The molecule has 1 aromatic heterocycles. The molecular formula is C11H10FNO2. The number of rotatable bonds is 1. The van der Waals surface area contributed by atoms with Gasteiger partial charge in [0.25, 0.3) is 0 Å². The van der Waals surface area contributed by atoms with Crippen LogP contribution in [0.4, 0.5) is 10.3 Å². The zero-order chi connectivity index (χ0) is 11.0. The lowest BCUT2D eigenvalue weighted by Crippen LogP contribution is -2.17. The number of hydrogen-bond acceptors (Lipinski definition) is 3. The second kappa shape index (κ2) is 3.38. The standard InChI is InChI=1S/C11H10FNO2/c1-13(2)11-9(12)10(14)7-5-3-4-6-8(7)15-11/h3-6H,1-2H3. The van der Waals surface area contributed by atoms with E-state index in [0.717, 1.165) is 0 Å². The van der Waals surface area contributed by atoms with Crippen LogP contribution in [0.25, 0.3) is 11.0 Å². The minimum atomic E-state index is -0.848. The summed E-state index contributed by atoms with van der Waals surface area (Å²) < 4.78 is 18.8. The van der Waals surface area contributed by atoms with Crippen LogP contribution in [0.1, 0.15) is 0 Å². The average molecular weight is 207 g/mol. The van der Waals surface area contributed by atoms with Gasteiger partial charge in [-0.3, -0.25) is 4.79 Å². The van der Waals surface area contributed by atoms with E-state index in [4.69, 9.17) is 4.42 Å². The molecule has 1 heterocycles. The lowest BCUT2D eigenvalue weighted by atomic mass is 10.2. The minimum absolute atomic E-state index is 0.0429. The van der Waals surface area contributed by atoms with Gasteiger partial charge < -0.3 is 9.32 Å². The van der Waals surface area contributed by atoms with E-state index >= 15 is 0 Å². The summed E-state index contributed by atoms with van der Waals surface area (Å²) >= 11 is 0. The molecule has 0 aliphatic rings. The van der Waals surface area contributed by atoms with E-state index in [9.17, 15) is 9.18 Å². The molecule has 0 aliphatic heterocycles. The maximum atomic E-state index is 13.5. The van der Waals surface area contributed by atoms with Crippen molar-refractivity contribution in [3.8, 4) is 0 Å². The van der Waals surface area contributed by atoms with Crippen LogP contribution in [-0.4, -0.2) is 14.1 Å². The Hall–Kier alpha value is -1.84. The van der Waals surface area contributed by atoms with E-state index in [1.807, 2.05) is 0 Å². The molecule has 0 unspecified atom stereocenters. The van der Waals surface area contributed by atoms with E-state index in [1.54, 1.807) is 38.4 Å². The van der Waals surface area contributed by atoms with Crippen molar-refractivity contribution in [2.24, 2.45) is 0 Å². The zero-order valence-electron chi connectivity index (χ0n) is 8.45. The van der Waals surface area contributed by atoms with Gasteiger partial charge in [-0.15, -0.1) is 0 Å². The van der Waals surface area contributed by atoms with Crippen LogP contribution >= 0.6 is 0 Å². The third-order valence-electron chi connectivity index (χ3n) is 2.13. The highest BCUT2D eigenvalue weighted by atomic mass is 19.1.